The van der Waals surface area contributed by atoms with Gasteiger partial charge in [0.15, 0.2) is 5.78 Å². The summed E-state index contributed by atoms with van der Waals surface area (Å²) in [5, 5.41) is 26.1. The van der Waals surface area contributed by atoms with Crippen LogP contribution in [0.4, 0.5) is 0 Å². The Hall–Kier alpha value is -5.62. The summed E-state index contributed by atoms with van der Waals surface area (Å²) in [7, 11) is 0. The number of amides is 3. The van der Waals surface area contributed by atoms with Crippen LogP contribution in [0.1, 0.15) is 114 Å². The Morgan fingerprint density at radius 2 is 1.63 bits per heavy atom. The van der Waals surface area contributed by atoms with Crippen molar-refractivity contribution < 1.29 is 38.6 Å². The number of likely N-dealkylation sites (tertiary alicyclic amines) is 1. The van der Waals surface area contributed by atoms with Gasteiger partial charge in [-0.1, -0.05) is 84.3 Å². The van der Waals surface area contributed by atoms with Crippen LogP contribution in [0.25, 0.3) is 10.4 Å². The molecule has 1 saturated heterocycles. The molecule has 13 nitrogen and oxygen atoms in total. The average molecular weight is 953 g/mol. The second kappa shape index (κ2) is 21.1. The molecule has 3 N–H and O–H groups in total. The first-order chi connectivity index (χ1) is 31.6. The number of aliphatic hydroxyl groups excluding tert-OH is 1. The van der Waals surface area contributed by atoms with Gasteiger partial charge in [0.25, 0.3) is 5.91 Å². The predicted molar refractivity (Wildman–Crippen MR) is 258 cm³/mol. The summed E-state index contributed by atoms with van der Waals surface area (Å²) in [6.07, 6.45) is 0.210. The number of carbonyl (C=O) groups excluding carboxylic acids is 5. The minimum atomic E-state index is -0.977. The van der Waals surface area contributed by atoms with Gasteiger partial charge in [-0.2, -0.15) is 5.26 Å². The summed E-state index contributed by atoms with van der Waals surface area (Å²) in [5.41, 5.74) is 4.12. The lowest BCUT2D eigenvalue weighted by Crippen LogP contribution is -2.74. The molecule has 3 aromatic carbocycles. The molecule has 0 radical (unpaired) electrons. The largest absolute Gasteiger partial charge is 0.494 e. The molecule has 0 unspecified atom stereocenters. The number of nitriles is 1. The molecule has 1 aromatic heterocycles. The van der Waals surface area contributed by atoms with Gasteiger partial charge < -0.3 is 30.1 Å². The smallest absolute Gasteiger partial charge is 0.251 e. The Labute approximate surface area is 402 Å². The molecule has 1 aliphatic heterocycles. The van der Waals surface area contributed by atoms with Crippen molar-refractivity contribution in [1.29, 1.82) is 5.26 Å². The lowest BCUT2D eigenvalue weighted by Gasteiger charge is -2.63. The quantitative estimate of drug-likeness (QED) is 0.0770. The summed E-state index contributed by atoms with van der Waals surface area (Å²) in [4.78, 5) is 73.8. The van der Waals surface area contributed by atoms with Gasteiger partial charge >= 0.3 is 0 Å². The Morgan fingerprint density at radius 3 is 2.24 bits per heavy atom. The van der Waals surface area contributed by atoms with Crippen LogP contribution in [-0.4, -0.2) is 87.8 Å². The SMILES string of the molecule is Cc1ncsc1-c1ccc(CCC(=O)[C@@H]2C[C@@H](O)CN2C(=O)[C@@H](NC(=O)CCC(=O)CCCOc2ccc(C(=O)NC3C(C)(C)C(Oc4ccc(C#N)c(Cl)c4)C3(C)C)cc2)C(C)(C)C)cc1. The topological polar surface area (TPSA) is 188 Å². The Balaban J connectivity index is 0.914. The van der Waals surface area contributed by atoms with Gasteiger partial charge in [0, 0.05) is 67.2 Å². The first-order valence-corrected chi connectivity index (χ1v) is 24.1. The standard InChI is InChI=1S/C52H62ClN5O8S/c1-31-44(67-30-55-31)33-14-11-32(12-15-33)13-23-42(61)41-26-37(60)29-58(41)47(64)45(50(2,3)4)56-43(62)24-19-36(59)10-9-25-65-38-20-16-34(17-21-38)46(63)57-48-51(5,6)49(52(48,7)8)66-39-22-18-35(28-54)40(53)27-39/h11-12,14-18,20-22,27,30,37,41,45,48-49,60H,9-10,13,19,23-26,29H2,1-8H3,(H,56,62)(H,57,63)/t37-,41+,45-,48?,49?/m1/s1. The van der Waals surface area contributed by atoms with E-state index in [1.807, 2.05) is 91.2 Å². The monoisotopic (exact) mass is 951 g/mol. The molecule has 3 atom stereocenters. The van der Waals surface area contributed by atoms with Crippen LogP contribution in [0.3, 0.4) is 0 Å². The zero-order valence-corrected chi connectivity index (χ0v) is 41.2. The third kappa shape index (κ3) is 12.1. The molecule has 2 fully saturated rings. The van der Waals surface area contributed by atoms with Crippen LogP contribution in [-0.2, 0) is 25.6 Å². The molecule has 0 bridgehead atoms. The number of Topliss-reactive ketones (excluding diaryl/α,β-unsaturated/α-hetero) is 2. The number of thiazole rings is 1. The molecule has 15 heteroatoms. The van der Waals surface area contributed by atoms with E-state index in [-0.39, 0.29) is 74.9 Å². The molecule has 6 rings (SSSR count). The van der Waals surface area contributed by atoms with Gasteiger partial charge in [0.1, 0.15) is 35.5 Å². The number of hydrogen-bond donors (Lipinski definition) is 3. The fourth-order valence-electron chi connectivity index (χ4n) is 9.60. The minimum absolute atomic E-state index is 0.00483. The maximum Gasteiger partial charge on any atom is 0.251 e. The number of hydrogen-bond acceptors (Lipinski definition) is 11. The van der Waals surface area contributed by atoms with E-state index in [1.165, 1.54) is 4.90 Å². The van der Waals surface area contributed by atoms with Crippen molar-refractivity contribution in [1.82, 2.24) is 20.5 Å². The molecule has 2 heterocycles. The van der Waals surface area contributed by atoms with Gasteiger partial charge in [-0.25, -0.2) is 4.98 Å². The number of ether oxygens (including phenoxy) is 2. The molecule has 4 aromatic rings. The van der Waals surface area contributed by atoms with Crippen molar-refractivity contribution >= 4 is 52.2 Å². The highest BCUT2D eigenvalue weighted by Gasteiger charge is 2.64. The van der Waals surface area contributed by atoms with Gasteiger partial charge in [-0.05, 0) is 72.7 Å². The Bertz CT molecular complexity index is 2470. The average Bonchev–Trinajstić information content (AvgIpc) is 3.91. The minimum Gasteiger partial charge on any atom is -0.494 e. The number of nitrogens with one attached hydrogen (secondary N) is 2. The Morgan fingerprint density at radius 1 is 0.955 bits per heavy atom. The number of rotatable bonds is 19. The lowest BCUT2D eigenvalue weighted by atomic mass is 9.49. The number of halogens is 1. The van der Waals surface area contributed by atoms with E-state index in [9.17, 15) is 34.3 Å². The summed E-state index contributed by atoms with van der Waals surface area (Å²) >= 11 is 7.81. The third-order valence-electron chi connectivity index (χ3n) is 13.0. The summed E-state index contributed by atoms with van der Waals surface area (Å²) in [6, 6.07) is 19.9. The highest BCUT2D eigenvalue weighted by molar-refractivity contribution is 7.13. The molecule has 356 valence electrons. The molecule has 0 spiro atoms. The van der Waals surface area contributed by atoms with Crippen LogP contribution in [0.5, 0.6) is 11.5 Å². The van der Waals surface area contributed by atoms with E-state index in [4.69, 9.17) is 21.1 Å². The molecule has 2 aliphatic rings. The summed E-state index contributed by atoms with van der Waals surface area (Å²) < 4.78 is 12.2. The van der Waals surface area contributed by atoms with Gasteiger partial charge in [0.05, 0.1) is 45.4 Å². The number of nitrogens with zero attached hydrogens (tertiary/aromatic N) is 3. The number of aliphatic hydroxyl groups is 1. The zero-order valence-electron chi connectivity index (χ0n) is 39.6. The fourth-order valence-corrected chi connectivity index (χ4v) is 10.6. The van der Waals surface area contributed by atoms with E-state index in [1.54, 1.807) is 53.8 Å². The maximum absolute atomic E-state index is 14.0. The normalized spacial score (nSPS) is 19.9. The van der Waals surface area contributed by atoms with E-state index in [2.05, 4.69) is 15.6 Å². The van der Waals surface area contributed by atoms with Gasteiger partial charge in [0.2, 0.25) is 11.8 Å². The van der Waals surface area contributed by atoms with Crippen LogP contribution in [0.15, 0.2) is 72.2 Å². The van der Waals surface area contributed by atoms with E-state index in [0.717, 1.165) is 21.7 Å². The molecular formula is C52H62ClN5O8S. The maximum atomic E-state index is 14.0. The van der Waals surface area contributed by atoms with Crippen molar-refractivity contribution in [2.75, 3.05) is 13.2 Å². The number of carbonyl (C=O) groups is 5. The molecule has 67 heavy (non-hydrogen) atoms. The van der Waals surface area contributed by atoms with Gasteiger partial charge in [-0.15, -0.1) is 11.3 Å². The highest BCUT2D eigenvalue weighted by atomic mass is 35.5. The van der Waals surface area contributed by atoms with Crippen molar-refractivity contribution in [3.05, 3.63) is 99.6 Å². The first kappa shape index (κ1) is 50.8. The Kier molecular flexibility index (Phi) is 16.0. The van der Waals surface area contributed by atoms with E-state index < -0.39 is 46.2 Å². The molecule has 1 aliphatic carbocycles. The third-order valence-corrected chi connectivity index (χ3v) is 14.3. The van der Waals surface area contributed by atoms with Crippen molar-refractivity contribution in [3.8, 4) is 28.0 Å². The van der Waals surface area contributed by atoms with Crippen LogP contribution < -0.4 is 20.1 Å². The lowest BCUT2D eigenvalue weighted by molar-refractivity contribution is -0.164. The van der Waals surface area contributed by atoms with Gasteiger partial charge in [-0.3, -0.25) is 24.0 Å². The first-order valence-electron chi connectivity index (χ1n) is 22.8. The molecule has 1 saturated carbocycles. The number of ketones is 2. The molecule has 3 amide bonds. The summed E-state index contributed by atoms with van der Waals surface area (Å²) in [6.45, 7) is 15.8. The van der Waals surface area contributed by atoms with Crippen molar-refractivity contribution in [2.45, 2.75) is 131 Å². The van der Waals surface area contributed by atoms with Crippen LogP contribution in [0, 0.1) is 34.5 Å². The number of β-amino-alcohol motifs (C(OH)–C–C–N with tert-alkyl or cyclic N) is 1. The van der Waals surface area contributed by atoms with Crippen LogP contribution in [0.2, 0.25) is 5.02 Å². The second-order valence-electron chi connectivity index (χ2n) is 20.0. The predicted octanol–water partition coefficient (Wildman–Crippen LogP) is 8.46. The van der Waals surface area contributed by atoms with Crippen molar-refractivity contribution in [2.24, 2.45) is 16.2 Å². The van der Waals surface area contributed by atoms with Crippen LogP contribution >= 0.6 is 22.9 Å². The van der Waals surface area contributed by atoms with E-state index >= 15 is 0 Å². The second-order valence-corrected chi connectivity index (χ2v) is 21.3. The number of benzene rings is 3. The highest BCUT2D eigenvalue weighted by Crippen LogP contribution is 2.55. The fraction of sp³-hybridized carbons (Fsp3) is 0.481. The molecular weight excluding hydrogens is 890 g/mol. The zero-order chi connectivity index (χ0) is 48.8. The van der Waals surface area contributed by atoms with E-state index in [0.29, 0.717) is 40.5 Å². The summed E-state index contributed by atoms with van der Waals surface area (Å²) in [5.74, 6) is -0.284. The van der Waals surface area contributed by atoms with Crippen molar-refractivity contribution in [3.63, 3.8) is 0 Å². The number of aromatic nitrogens is 1. The number of aryl methyl sites for hydroxylation is 2.